The first kappa shape index (κ1) is 22.0. The fourth-order valence-corrected chi connectivity index (χ4v) is 2.37. The molecule has 9 heteroatoms. The molecular formula is C18H26N5O4+. The Hall–Kier alpha value is -3.09. The number of phenolic OH excluding ortho intramolecular Hbond substituents is 2. The summed E-state index contributed by atoms with van der Waals surface area (Å²) in [5.41, 5.74) is 5.88. The van der Waals surface area contributed by atoms with Crippen LogP contribution < -0.4 is 16.4 Å². The van der Waals surface area contributed by atoms with Crippen molar-refractivity contribution >= 4 is 23.6 Å². The molecule has 7 N–H and O–H groups in total. The van der Waals surface area contributed by atoms with Gasteiger partial charge in [-0.3, -0.25) is 9.59 Å². The quantitative estimate of drug-likeness (QED) is 0.163. The van der Waals surface area contributed by atoms with Crippen LogP contribution in [0.25, 0.3) is 6.08 Å². The first-order chi connectivity index (χ1) is 12.7. The summed E-state index contributed by atoms with van der Waals surface area (Å²) in [7, 11) is 1.69. The third-order valence-corrected chi connectivity index (χ3v) is 4.04. The van der Waals surface area contributed by atoms with E-state index in [1.807, 2.05) is 6.07 Å². The number of quaternary nitrogens is 1. The van der Waals surface area contributed by atoms with Gasteiger partial charge < -0.3 is 31.5 Å². The Labute approximate surface area is 158 Å². The highest BCUT2D eigenvalue weighted by molar-refractivity contribution is 6.01. The molecular weight excluding hydrogens is 350 g/mol. The van der Waals surface area contributed by atoms with Gasteiger partial charge in [-0.05, 0) is 31.6 Å². The normalized spacial score (nSPS) is 12.3. The van der Waals surface area contributed by atoms with E-state index in [0.29, 0.717) is 30.9 Å². The monoisotopic (exact) mass is 376 g/mol. The summed E-state index contributed by atoms with van der Waals surface area (Å²) in [6.07, 6.45) is 1.36. The molecule has 0 saturated heterocycles. The lowest BCUT2D eigenvalue weighted by Gasteiger charge is -2.21. The van der Waals surface area contributed by atoms with Crippen LogP contribution in [-0.4, -0.2) is 59.7 Å². The van der Waals surface area contributed by atoms with E-state index in [1.165, 1.54) is 17.0 Å². The molecule has 0 spiro atoms. The Kier molecular flexibility index (Phi) is 8.26. The molecule has 1 aromatic rings. The third-order valence-electron chi connectivity index (χ3n) is 4.04. The van der Waals surface area contributed by atoms with E-state index in [4.69, 9.17) is 5.73 Å². The van der Waals surface area contributed by atoms with Gasteiger partial charge in [-0.1, -0.05) is 0 Å². The Morgan fingerprint density at radius 3 is 2.63 bits per heavy atom. The van der Waals surface area contributed by atoms with Gasteiger partial charge >= 0.3 is 0 Å². The lowest BCUT2D eigenvalue weighted by atomic mass is 10.1. The average molecular weight is 376 g/mol. The van der Waals surface area contributed by atoms with E-state index in [1.54, 1.807) is 32.3 Å². The number of nitriles is 1. The molecule has 0 aliphatic heterocycles. The number of primary amides is 1. The zero-order valence-corrected chi connectivity index (χ0v) is 15.7. The number of carbonyl (C=O) groups is 2. The van der Waals surface area contributed by atoms with Gasteiger partial charge in [-0.2, -0.15) is 5.26 Å². The molecule has 0 heterocycles. The second-order valence-electron chi connectivity index (χ2n) is 5.90. The van der Waals surface area contributed by atoms with Gasteiger partial charge in [-0.15, -0.1) is 0 Å². The minimum atomic E-state index is -0.520. The molecule has 1 unspecified atom stereocenters. The summed E-state index contributed by atoms with van der Waals surface area (Å²) in [6, 6.07) is 4.19. The summed E-state index contributed by atoms with van der Waals surface area (Å²) in [5.74, 6) is -1.55. The minimum absolute atomic E-state index is 0.105. The number of hydrogen-bond donors (Lipinski definition) is 5. The molecule has 0 fully saturated rings. The topological polar surface area (TPSA) is 156 Å². The zero-order valence-electron chi connectivity index (χ0n) is 15.7. The fraction of sp³-hybridized carbons (Fsp3) is 0.389. The average Bonchev–Trinajstić information content (AvgIpc) is 2.64. The van der Waals surface area contributed by atoms with Gasteiger partial charge in [0.05, 0.1) is 13.1 Å². The van der Waals surface area contributed by atoms with Gasteiger partial charge in [-0.25, -0.2) is 0 Å². The number of benzene rings is 1. The standard InChI is InChI=1S/C18H25N5O4/c1-4-23(6-5-22-11(2)17(20)26)18(27)13(10-19)7-12-8-14(21-3)16(25)15(24)9-12/h7-9,11,21-22,24-25H,4-6H2,1-3H3,(H2,20,26)/p+1/b13-7+. The number of carbonyl (C=O) groups excluding carboxylic acids is 2. The van der Waals surface area contributed by atoms with Crippen molar-refractivity contribution in [2.24, 2.45) is 5.73 Å². The number of nitrogens with one attached hydrogen (secondary N) is 1. The van der Waals surface area contributed by atoms with Crippen molar-refractivity contribution in [1.82, 2.24) is 10.2 Å². The first-order valence-corrected chi connectivity index (χ1v) is 8.54. The summed E-state index contributed by atoms with van der Waals surface area (Å²) in [6.45, 7) is 4.42. The van der Waals surface area contributed by atoms with E-state index in [0.717, 1.165) is 0 Å². The number of nitrogens with zero attached hydrogens (tertiary/aromatic N) is 2. The van der Waals surface area contributed by atoms with Gasteiger partial charge in [0.25, 0.3) is 5.91 Å². The highest BCUT2D eigenvalue weighted by Crippen LogP contribution is 2.32. The molecule has 0 aromatic heterocycles. The lowest BCUT2D eigenvalue weighted by Crippen LogP contribution is -2.72. The maximum Gasteiger partial charge on any atom is 0.264 e. The van der Waals surface area contributed by atoms with Crippen LogP contribution in [0.5, 0.6) is 11.5 Å². The third kappa shape index (κ3) is 5.99. The van der Waals surface area contributed by atoms with Crippen LogP contribution >= 0.6 is 0 Å². The molecule has 2 amide bonds. The largest absolute Gasteiger partial charge is 0.504 e. The molecule has 1 aromatic carbocycles. The maximum absolute atomic E-state index is 12.6. The molecule has 0 radical (unpaired) electrons. The lowest BCUT2D eigenvalue weighted by molar-refractivity contribution is -0.540. The van der Waals surface area contributed by atoms with Crippen molar-refractivity contribution in [3.63, 3.8) is 0 Å². The van der Waals surface area contributed by atoms with Crippen molar-refractivity contribution in [2.45, 2.75) is 19.9 Å². The predicted octanol–water partition coefficient (Wildman–Crippen LogP) is -0.859. The van der Waals surface area contributed by atoms with Crippen LogP contribution in [0, 0.1) is 11.3 Å². The zero-order chi connectivity index (χ0) is 20.6. The minimum Gasteiger partial charge on any atom is -0.504 e. The molecule has 0 aliphatic carbocycles. The fourth-order valence-electron chi connectivity index (χ4n) is 2.37. The molecule has 1 atom stereocenters. The highest BCUT2D eigenvalue weighted by atomic mass is 16.3. The van der Waals surface area contributed by atoms with Gasteiger partial charge in [0.1, 0.15) is 11.6 Å². The Balaban J connectivity index is 2.97. The predicted molar refractivity (Wildman–Crippen MR) is 99.8 cm³/mol. The number of likely N-dealkylation sites (N-methyl/N-ethyl adjacent to an activating group) is 1. The number of amides is 2. The van der Waals surface area contributed by atoms with Crippen LogP contribution in [0.4, 0.5) is 5.69 Å². The second-order valence-corrected chi connectivity index (χ2v) is 5.90. The highest BCUT2D eigenvalue weighted by Gasteiger charge is 2.18. The van der Waals surface area contributed by atoms with E-state index in [-0.39, 0.29) is 17.1 Å². The molecule has 0 saturated carbocycles. The Bertz CT molecular complexity index is 770. The number of rotatable bonds is 9. The molecule has 0 aliphatic rings. The molecule has 1 rings (SSSR count). The van der Waals surface area contributed by atoms with Crippen molar-refractivity contribution in [1.29, 1.82) is 5.26 Å². The van der Waals surface area contributed by atoms with Crippen LogP contribution in [0.15, 0.2) is 17.7 Å². The maximum atomic E-state index is 12.6. The summed E-state index contributed by atoms with van der Waals surface area (Å²) in [5, 5.41) is 33.4. The van der Waals surface area contributed by atoms with E-state index < -0.39 is 17.9 Å². The Morgan fingerprint density at radius 1 is 1.44 bits per heavy atom. The molecule has 0 bridgehead atoms. The summed E-state index contributed by atoms with van der Waals surface area (Å²) < 4.78 is 0. The van der Waals surface area contributed by atoms with E-state index in [2.05, 4.69) is 5.32 Å². The number of nitrogens with two attached hydrogens (primary N) is 2. The van der Waals surface area contributed by atoms with Crippen molar-refractivity contribution in [3.05, 3.63) is 23.3 Å². The van der Waals surface area contributed by atoms with Crippen molar-refractivity contribution in [3.8, 4) is 17.6 Å². The van der Waals surface area contributed by atoms with Gasteiger partial charge in [0.15, 0.2) is 11.4 Å². The van der Waals surface area contributed by atoms with E-state index in [9.17, 15) is 25.1 Å². The Morgan fingerprint density at radius 2 is 2.11 bits per heavy atom. The van der Waals surface area contributed by atoms with Crippen molar-refractivity contribution in [2.75, 3.05) is 26.7 Å². The summed E-state index contributed by atoms with van der Waals surface area (Å²) >= 11 is 0. The van der Waals surface area contributed by atoms with Crippen LogP contribution in [-0.2, 0) is 9.59 Å². The first-order valence-electron chi connectivity index (χ1n) is 8.54. The van der Waals surface area contributed by atoms with Crippen LogP contribution in [0.2, 0.25) is 0 Å². The van der Waals surface area contributed by atoms with Crippen molar-refractivity contribution < 1.29 is 25.1 Å². The number of phenols is 2. The summed E-state index contributed by atoms with van der Waals surface area (Å²) in [4.78, 5) is 25.1. The van der Waals surface area contributed by atoms with E-state index >= 15 is 0 Å². The van der Waals surface area contributed by atoms with Crippen LogP contribution in [0.3, 0.4) is 0 Å². The van der Waals surface area contributed by atoms with Gasteiger partial charge in [0, 0.05) is 25.7 Å². The smallest absolute Gasteiger partial charge is 0.264 e. The molecule has 9 nitrogen and oxygen atoms in total. The molecule has 27 heavy (non-hydrogen) atoms. The number of hydrogen-bond acceptors (Lipinski definition) is 6. The number of aromatic hydroxyl groups is 2. The SMILES string of the molecule is CCN(CCNC(C)C(N)=O)C(=O)/C(C#N)=C/c1cc(O)c(O)c([NH2+]C)c1. The van der Waals surface area contributed by atoms with Gasteiger partial charge in [0.2, 0.25) is 11.7 Å². The van der Waals surface area contributed by atoms with Crippen LogP contribution in [0.1, 0.15) is 19.4 Å². The second kappa shape index (κ2) is 10.2. The molecule has 146 valence electrons.